The van der Waals surface area contributed by atoms with Crippen LogP contribution in [0.4, 0.5) is 5.69 Å². The van der Waals surface area contributed by atoms with Gasteiger partial charge >= 0.3 is 0 Å². The second kappa shape index (κ2) is 6.88. The van der Waals surface area contributed by atoms with Gasteiger partial charge in [0.25, 0.3) is 0 Å². The van der Waals surface area contributed by atoms with Gasteiger partial charge in [-0.25, -0.2) is 0 Å². The zero-order valence-corrected chi connectivity index (χ0v) is 13.4. The van der Waals surface area contributed by atoms with Crippen molar-refractivity contribution in [3.63, 3.8) is 0 Å². The molecule has 0 saturated carbocycles. The molecule has 1 aliphatic heterocycles. The third kappa shape index (κ3) is 3.83. The van der Waals surface area contributed by atoms with E-state index in [2.05, 4.69) is 51.4 Å². The quantitative estimate of drug-likeness (QED) is 0.941. The molecular weight excluding hydrogens is 272 g/mol. The summed E-state index contributed by atoms with van der Waals surface area (Å²) in [6.45, 7) is 7.54. The zero-order valence-electron chi connectivity index (χ0n) is 13.4. The maximum absolute atomic E-state index is 4.43. The lowest BCUT2D eigenvalue weighted by Crippen LogP contribution is -2.44. The van der Waals surface area contributed by atoms with Crippen LogP contribution in [0.15, 0.2) is 42.7 Å². The van der Waals surface area contributed by atoms with Gasteiger partial charge in [-0.15, -0.1) is 0 Å². The van der Waals surface area contributed by atoms with Gasteiger partial charge in [-0.2, -0.15) is 0 Å². The third-order valence-corrected chi connectivity index (χ3v) is 4.35. The predicted molar refractivity (Wildman–Crippen MR) is 89.7 cm³/mol. The van der Waals surface area contributed by atoms with Gasteiger partial charge in [-0.1, -0.05) is 13.0 Å². The Kier molecular flexibility index (Phi) is 4.68. The van der Waals surface area contributed by atoms with Gasteiger partial charge in [-0.3, -0.25) is 14.9 Å². The van der Waals surface area contributed by atoms with Gasteiger partial charge in [0.2, 0.25) is 0 Å². The summed E-state index contributed by atoms with van der Waals surface area (Å²) in [5, 5.41) is 3.67. The van der Waals surface area contributed by atoms with Gasteiger partial charge in [0.1, 0.15) is 0 Å². The molecule has 0 spiro atoms. The van der Waals surface area contributed by atoms with E-state index in [1.165, 1.54) is 5.69 Å². The Labute approximate surface area is 132 Å². The molecule has 3 rings (SSSR count). The van der Waals surface area contributed by atoms with E-state index in [-0.39, 0.29) is 0 Å². The second-order valence-corrected chi connectivity index (χ2v) is 6.26. The molecule has 2 aromatic heterocycles. The summed E-state index contributed by atoms with van der Waals surface area (Å²) in [5.74, 6) is 0.617. The largest absolute Gasteiger partial charge is 0.382 e. The van der Waals surface area contributed by atoms with Crippen LogP contribution in [-0.4, -0.2) is 34.0 Å². The van der Waals surface area contributed by atoms with E-state index in [1.807, 2.05) is 25.4 Å². The first-order valence-electron chi connectivity index (χ1n) is 8.02. The molecule has 2 unspecified atom stereocenters. The molecule has 0 bridgehead atoms. The maximum atomic E-state index is 4.43. The first-order valence-corrected chi connectivity index (χ1v) is 8.02. The van der Waals surface area contributed by atoms with Crippen LogP contribution in [0.2, 0.25) is 0 Å². The number of nitrogens with zero attached hydrogens (tertiary/aromatic N) is 3. The Balaban J connectivity index is 1.56. The van der Waals surface area contributed by atoms with Gasteiger partial charge in [-0.05, 0) is 43.5 Å². The molecule has 0 amide bonds. The van der Waals surface area contributed by atoms with Gasteiger partial charge in [0.15, 0.2) is 0 Å². The van der Waals surface area contributed by atoms with Crippen molar-refractivity contribution in [2.45, 2.75) is 32.9 Å². The zero-order chi connectivity index (χ0) is 15.4. The van der Waals surface area contributed by atoms with E-state index in [0.29, 0.717) is 12.0 Å². The smallest absolute Gasteiger partial charge is 0.0543 e. The molecule has 116 valence electrons. The molecule has 1 fully saturated rings. The van der Waals surface area contributed by atoms with E-state index in [1.54, 1.807) is 0 Å². The summed E-state index contributed by atoms with van der Waals surface area (Å²) in [4.78, 5) is 11.2. The third-order valence-electron chi connectivity index (χ3n) is 4.35. The van der Waals surface area contributed by atoms with Crippen LogP contribution >= 0.6 is 0 Å². The number of hydrogen-bond donors (Lipinski definition) is 1. The van der Waals surface area contributed by atoms with Crippen molar-refractivity contribution in [3.8, 4) is 0 Å². The van der Waals surface area contributed by atoms with E-state index < -0.39 is 0 Å². The molecule has 22 heavy (non-hydrogen) atoms. The fraction of sp³-hybridized carbons (Fsp3) is 0.444. The molecule has 4 heteroatoms. The van der Waals surface area contributed by atoms with Crippen LogP contribution in [0.3, 0.4) is 0 Å². The molecule has 0 radical (unpaired) electrons. The van der Waals surface area contributed by atoms with Crippen LogP contribution in [0.1, 0.15) is 24.7 Å². The summed E-state index contributed by atoms with van der Waals surface area (Å²) >= 11 is 0. The average Bonchev–Trinajstić information content (AvgIpc) is 2.51. The van der Waals surface area contributed by atoms with Crippen LogP contribution < -0.4 is 5.32 Å². The summed E-state index contributed by atoms with van der Waals surface area (Å²) in [5.41, 5.74) is 3.40. The maximum Gasteiger partial charge on any atom is 0.0543 e. The first kappa shape index (κ1) is 15.0. The van der Waals surface area contributed by atoms with E-state index in [0.717, 1.165) is 37.4 Å². The van der Waals surface area contributed by atoms with Crippen molar-refractivity contribution >= 4 is 5.69 Å². The molecule has 1 aliphatic rings. The molecule has 1 saturated heterocycles. The van der Waals surface area contributed by atoms with Gasteiger partial charge in [0.05, 0.1) is 5.69 Å². The minimum absolute atomic E-state index is 0.529. The van der Waals surface area contributed by atoms with Crippen molar-refractivity contribution in [1.29, 1.82) is 0 Å². The van der Waals surface area contributed by atoms with Crippen molar-refractivity contribution in [1.82, 2.24) is 14.9 Å². The number of anilines is 1. The highest BCUT2D eigenvalue weighted by Crippen LogP contribution is 2.22. The van der Waals surface area contributed by atoms with E-state index in [9.17, 15) is 0 Å². The fourth-order valence-electron chi connectivity index (χ4n) is 3.16. The van der Waals surface area contributed by atoms with E-state index in [4.69, 9.17) is 0 Å². The summed E-state index contributed by atoms with van der Waals surface area (Å²) < 4.78 is 0. The number of aryl methyl sites for hydroxylation is 1. The Hall–Kier alpha value is -1.94. The van der Waals surface area contributed by atoms with Crippen molar-refractivity contribution in [2.75, 3.05) is 18.4 Å². The molecule has 1 N–H and O–H groups in total. The number of nitrogens with one attached hydrogen (secondary N) is 1. The Morgan fingerprint density at radius 3 is 2.86 bits per heavy atom. The number of hydrogen-bond acceptors (Lipinski definition) is 4. The highest BCUT2D eigenvalue weighted by atomic mass is 15.2. The fourth-order valence-corrected chi connectivity index (χ4v) is 3.16. The Morgan fingerprint density at radius 1 is 1.23 bits per heavy atom. The highest BCUT2D eigenvalue weighted by Gasteiger charge is 2.26. The monoisotopic (exact) mass is 296 g/mol. The topological polar surface area (TPSA) is 41.0 Å². The molecule has 0 aromatic carbocycles. The highest BCUT2D eigenvalue weighted by molar-refractivity contribution is 5.44. The van der Waals surface area contributed by atoms with Crippen LogP contribution in [-0.2, 0) is 6.54 Å². The number of piperidine rings is 1. The minimum Gasteiger partial charge on any atom is -0.382 e. The molecule has 3 heterocycles. The number of pyridine rings is 2. The average molecular weight is 296 g/mol. The SMILES string of the molecule is Cc1cc(NC2CCN(Cc3ccccn3)CC2C)ccn1. The van der Waals surface area contributed by atoms with Crippen LogP contribution in [0, 0.1) is 12.8 Å². The molecule has 0 aliphatic carbocycles. The lowest BCUT2D eigenvalue weighted by molar-refractivity contribution is 0.163. The Bertz CT molecular complexity index is 599. The van der Waals surface area contributed by atoms with Crippen molar-refractivity contribution < 1.29 is 0 Å². The van der Waals surface area contributed by atoms with Crippen molar-refractivity contribution in [2.24, 2.45) is 5.92 Å². The van der Waals surface area contributed by atoms with Gasteiger partial charge < -0.3 is 5.32 Å². The summed E-state index contributed by atoms with van der Waals surface area (Å²) in [7, 11) is 0. The summed E-state index contributed by atoms with van der Waals surface area (Å²) in [6.07, 6.45) is 4.91. The minimum atomic E-state index is 0.529. The lowest BCUT2D eigenvalue weighted by Gasteiger charge is -2.37. The van der Waals surface area contributed by atoms with Crippen LogP contribution in [0.5, 0.6) is 0 Å². The molecule has 2 atom stereocenters. The Morgan fingerprint density at radius 2 is 2.14 bits per heavy atom. The number of likely N-dealkylation sites (tertiary alicyclic amines) is 1. The summed E-state index contributed by atoms with van der Waals surface area (Å²) in [6, 6.07) is 10.8. The second-order valence-electron chi connectivity index (χ2n) is 6.26. The van der Waals surface area contributed by atoms with E-state index >= 15 is 0 Å². The molecule has 4 nitrogen and oxygen atoms in total. The normalized spacial score (nSPS) is 22.5. The molecule has 2 aromatic rings. The predicted octanol–water partition coefficient (Wildman–Crippen LogP) is 3.11. The van der Waals surface area contributed by atoms with Gasteiger partial charge in [0, 0.05) is 49.5 Å². The lowest BCUT2D eigenvalue weighted by atomic mass is 9.93. The molecular formula is C18H24N4. The first-order chi connectivity index (χ1) is 10.7. The number of aromatic nitrogens is 2. The van der Waals surface area contributed by atoms with Crippen molar-refractivity contribution in [3.05, 3.63) is 54.1 Å². The van der Waals surface area contributed by atoms with Crippen LogP contribution in [0.25, 0.3) is 0 Å². The number of rotatable bonds is 4. The standard InChI is InChI=1S/C18H24N4/c1-14-12-22(13-17-5-3-4-8-20-17)10-7-18(14)21-16-6-9-19-15(2)11-16/h3-6,8-9,11,14,18H,7,10,12-13H2,1-2H3,(H,19,21).